The van der Waals surface area contributed by atoms with E-state index < -0.39 is 18.0 Å². The molecule has 2 N–H and O–H groups in total. The second-order valence-electron chi connectivity index (χ2n) is 4.85. The van der Waals surface area contributed by atoms with E-state index in [0.717, 1.165) is 0 Å². The van der Waals surface area contributed by atoms with E-state index in [2.05, 4.69) is 10.6 Å². The zero-order chi connectivity index (χ0) is 16.7. The summed E-state index contributed by atoms with van der Waals surface area (Å²) in [5.74, 6) is -0.668. The van der Waals surface area contributed by atoms with Crippen LogP contribution in [0.3, 0.4) is 0 Å². The van der Waals surface area contributed by atoms with E-state index in [1.807, 2.05) is 0 Å². The van der Waals surface area contributed by atoms with Gasteiger partial charge in [-0.3, -0.25) is 4.79 Å². The summed E-state index contributed by atoms with van der Waals surface area (Å²) in [6, 6.07) is 5.21. The number of benzene rings is 1. The minimum atomic E-state index is -0.650. The van der Waals surface area contributed by atoms with Crippen LogP contribution in [0.25, 0.3) is 0 Å². The molecule has 0 bridgehead atoms. The molecule has 120 valence electrons. The summed E-state index contributed by atoms with van der Waals surface area (Å²) >= 11 is 0. The van der Waals surface area contributed by atoms with Crippen molar-refractivity contribution >= 4 is 23.6 Å². The molecule has 0 aliphatic carbocycles. The number of likely N-dealkylation sites (N-methyl/N-ethyl adjacent to an activating group) is 1. The molecule has 0 aliphatic rings. The monoisotopic (exact) mass is 307 g/mol. The Morgan fingerprint density at radius 2 is 1.95 bits per heavy atom. The number of carbonyl (C=O) groups excluding carboxylic acids is 3. The third kappa shape index (κ3) is 5.08. The predicted molar refractivity (Wildman–Crippen MR) is 82.7 cm³/mol. The topological polar surface area (TPSA) is 87.7 Å². The lowest BCUT2D eigenvalue weighted by atomic mass is 10.2. The van der Waals surface area contributed by atoms with Crippen molar-refractivity contribution in [3.05, 3.63) is 29.8 Å². The van der Waals surface area contributed by atoms with Crippen LogP contribution in [-0.4, -0.2) is 49.6 Å². The van der Waals surface area contributed by atoms with E-state index in [0.29, 0.717) is 11.3 Å². The van der Waals surface area contributed by atoms with Gasteiger partial charge < -0.3 is 20.3 Å². The quantitative estimate of drug-likeness (QED) is 0.806. The average Bonchev–Trinajstić information content (AvgIpc) is 2.46. The van der Waals surface area contributed by atoms with Crippen molar-refractivity contribution in [3.63, 3.8) is 0 Å². The Balaban J connectivity index is 2.67. The number of hydrogen-bond donors (Lipinski definition) is 2. The fourth-order valence-corrected chi connectivity index (χ4v) is 1.75. The molecule has 1 aromatic rings. The van der Waals surface area contributed by atoms with Crippen LogP contribution in [0.4, 0.5) is 10.5 Å². The second-order valence-corrected chi connectivity index (χ2v) is 4.85. The Hall–Kier alpha value is -2.57. The fourth-order valence-electron chi connectivity index (χ4n) is 1.75. The lowest BCUT2D eigenvalue weighted by Gasteiger charge is -2.18. The van der Waals surface area contributed by atoms with Crippen molar-refractivity contribution < 1.29 is 19.1 Å². The highest BCUT2D eigenvalue weighted by Gasteiger charge is 2.17. The zero-order valence-electron chi connectivity index (χ0n) is 13.2. The molecule has 1 aromatic carbocycles. The van der Waals surface area contributed by atoms with Crippen LogP contribution < -0.4 is 10.6 Å². The van der Waals surface area contributed by atoms with Gasteiger partial charge in [-0.25, -0.2) is 9.59 Å². The SMILES string of the molecule is CCOC(=O)c1cccc(NC(=O)N[C@@H](C)C(=O)N(C)C)c1. The van der Waals surface area contributed by atoms with Crippen molar-refractivity contribution in [2.75, 3.05) is 26.0 Å². The number of urea groups is 1. The summed E-state index contributed by atoms with van der Waals surface area (Å²) in [4.78, 5) is 36.5. The van der Waals surface area contributed by atoms with Crippen LogP contribution in [0.5, 0.6) is 0 Å². The van der Waals surface area contributed by atoms with Crippen molar-refractivity contribution in [1.82, 2.24) is 10.2 Å². The number of hydrogen-bond acceptors (Lipinski definition) is 4. The molecule has 0 unspecified atom stereocenters. The standard InChI is InChI=1S/C15H21N3O4/c1-5-22-14(20)11-7-6-8-12(9-11)17-15(21)16-10(2)13(19)18(3)4/h6-10H,5H2,1-4H3,(H2,16,17,21)/t10-/m0/s1. The molecule has 7 heteroatoms. The van der Waals surface area contributed by atoms with Gasteiger partial charge in [0.1, 0.15) is 6.04 Å². The first-order chi connectivity index (χ1) is 10.3. The highest BCUT2D eigenvalue weighted by atomic mass is 16.5. The van der Waals surface area contributed by atoms with E-state index in [4.69, 9.17) is 4.74 Å². The molecule has 0 fully saturated rings. The summed E-state index contributed by atoms with van der Waals surface area (Å²) < 4.78 is 4.89. The second kappa shape index (κ2) is 8.02. The van der Waals surface area contributed by atoms with E-state index in [1.54, 1.807) is 46.1 Å². The zero-order valence-corrected chi connectivity index (χ0v) is 13.2. The van der Waals surface area contributed by atoms with Crippen LogP contribution in [0.1, 0.15) is 24.2 Å². The maximum absolute atomic E-state index is 11.8. The van der Waals surface area contributed by atoms with Crippen LogP contribution in [0.2, 0.25) is 0 Å². The lowest BCUT2D eigenvalue weighted by Crippen LogP contribution is -2.45. The number of nitrogens with one attached hydrogen (secondary N) is 2. The summed E-state index contributed by atoms with van der Waals surface area (Å²) in [6.45, 7) is 3.59. The van der Waals surface area contributed by atoms with Crippen LogP contribution in [-0.2, 0) is 9.53 Å². The van der Waals surface area contributed by atoms with Gasteiger partial charge in [0, 0.05) is 19.8 Å². The molecule has 0 saturated carbocycles. The fraction of sp³-hybridized carbons (Fsp3) is 0.400. The van der Waals surface area contributed by atoms with Crippen molar-refractivity contribution in [2.24, 2.45) is 0 Å². The van der Waals surface area contributed by atoms with Gasteiger partial charge in [0.2, 0.25) is 5.91 Å². The first kappa shape index (κ1) is 17.5. The minimum Gasteiger partial charge on any atom is -0.462 e. The summed E-state index contributed by atoms with van der Waals surface area (Å²) in [6.07, 6.45) is 0. The molecule has 0 saturated heterocycles. The number of rotatable bonds is 5. The molecule has 0 radical (unpaired) electrons. The van der Waals surface area contributed by atoms with Gasteiger partial charge in [0.15, 0.2) is 0 Å². The highest BCUT2D eigenvalue weighted by molar-refractivity contribution is 5.95. The van der Waals surface area contributed by atoms with Gasteiger partial charge in [-0.1, -0.05) is 6.07 Å². The van der Waals surface area contributed by atoms with E-state index in [-0.39, 0.29) is 12.5 Å². The number of carbonyl (C=O) groups is 3. The average molecular weight is 307 g/mol. The number of amides is 3. The lowest BCUT2D eigenvalue weighted by molar-refractivity contribution is -0.130. The molecule has 7 nitrogen and oxygen atoms in total. The maximum atomic E-state index is 11.8. The number of anilines is 1. The van der Waals surface area contributed by atoms with Crippen LogP contribution in [0.15, 0.2) is 24.3 Å². The Morgan fingerprint density at radius 1 is 1.27 bits per heavy atom. The molecular weight excluding hydrogens is 286 g/mol. The molecule has 1 rings (SSSR count). The van der Waals surface area contributed by atoms with E-state index >= 15 is 0 Å². The number of ether oxygens (including phenoxy) is 1. The van der Waals surface area contributed by atoms with E-state index in [9.17, 15) is 14.4 Å². The summed E-state index contributed by atoms with van der Waals surface area (Å²) in [5.41, 5.74) is 0.782. The van der Waals surface area contributed by atoms with Gasteiger partial charge >= 0.3 is 12.0 Å². The van der Waals surface area contributed by atoms with Crippen molar-refractivity contribution in [2.45, 2.75) is 19.9 Å². The number of nitrogens with zero attached hydrogens (tertiary/aromatic N) is 1. The molecule has 0 aliphatic heterocycles. The third-order valence-electron chi connectivity index (χ3n) is 2.79. The van der Waals surface area contributed by atoms with Crippen LogP contribution in [0, 0.1) is 0 Å². The van der Waals surface area contributed by atoms with Crippen LogP contribution >= 0.6 is 0 Å². The molecule has 1 atom stereocenters. The summed E-state index contributed by atoms with van der Waals surface area (Å²) in [7, 11) is 3.22. The van der Waals surface area contributed by atoms with Crippen molar-refractivity contribution in [1.29, 1.82) is 0 Å². The highest BCUT2D eigenvalue weighted by Crippen LogP contribution is 2.11. The van der Waals surface area contributed by atoms with Gasteiger partial charge in [-0.15, -0.1) is 0 Å². The number of esters is 1. The van der Waals surface area contributed by atoms with Crippen molar-refractivity contribution in [3.8, 4) is 0 Å². The Bertz CT molecular complexity index is 557. The molecule has 22 heavy (non-hydrogen) atoms. The normalized spacial score (nSPS) is 11.3. The Morgan fingerprint density at radius 3 is 2.55 bits per heavy atom. The molecule has 3 amide bonds. The minimum absolute atomic E-state index is 0.213. The first-order valence-electron chi connectivity index (χ1n) is 6.91. The van der Waals surface area contributed by atoms with Gasteiger partial charge in [-0.2, -0.15) is 0 Å². The molecule has 0 heterocycles. The first-order valence-corrected chi connectivity index (χ1v) is 6.91. The third-order valence-corrected chi connectivity index (χ3v) is 2.79. The Kier molecular flexibility index (Phi) is 6.37. The molecule has 0 spiro atoms. The van der Waals surface area contributed by atoms with Gasteiger partial charge in [0.25, 0.3) is 0 Å². The summed E-state index contributed by atoms with van der Waals surface area (Å²) in [5, 5.41) is 5.10. The van der Waals surface area contributed by atoms with Gasteiger partial charge in [0.05, 0.1) is 12.2 Å². The maximum Gasteiger partial charge on any atom is 0.338 e. The molecular formula is C15H21N3O4. The molecule has 0 aromatic heterocycles. The van der Waals surface area contributed by atoms with E-state index in [1.165, 1.54) is 11.0 Å². The largest absolute Gasteiger partial charge is 0.462 e. The Labute approximate surface area is 129 Å². The predicted octanol–water partition coefficient (Wildman–Crippen LogP) is 1.46. The smallest absolute Gasteiger partial charge is 0.338 e. The van der Waals surface area contributed by atoms with Gasteiger partial charge in [-0.05, 0) is 32.0 Å².